The van der Waals surface area contributed by atoms with Crippen LogP contribution in [0, 0.1) is 0 Å². The van der Waals surface area contributed by atoms with Crippen LogP contribution in [0.25, 0.3) is 0 Å². The summed E-state index contributed by atoms with van der Waals surface area (Å²) in [4.78, 5) is 15.8. The number of rotatable bonds is 5. The zero-order valence-corrected chi connectivity index (χ0v) is 13.1. The van der Waals surface area contributed by atoms with E-state index < -0.39 is 5.97 Å². The fourth-order valence-corrected chi connectivity index (χ4v) is 2.56. The molecule has 3 rings (SSSR count). The van der Waals surface area contributed by atoms with Crippen molar-refractivity contribution < 1.29 is 14.3 Å². The number of anilines is 1. The highest BCUT2D eigenvalue weighted by Gasteiger charge is 2.17. The number of nitrogens with zero attached hydrogens (tertiary/aromatic N) is 3. The molecule has 0 aliphatic carbocycles. The van der Waals surface area contributed by atoms with Crippen molar-refractivity contribution in [1.82, 2.24) is 14.8 Å². The van der Waals surface area contributed by atoms with Gasteiger partial charge in [0.2, 0.25) is 0 Å². The van der Waals surface area contributed by atoms with Gasteiger partial charge in [-0.25, -0.2) is 14.5 Å². The Labute approximate surface area is 134 Å². The van der Waals surface area contributed by atoms with Gasteiger partial charge in [0.25, 0.3) is 0 Å². The summed E-state index contributed by atoms with van der Waals surface area (Å²) < 4.78 is 12.3. The van der Waals surface area contributed by atoms with Gasteiger partial charge >= 0.3 is 5.97 Å². The van der Waals surface area contributed by atoms with Crippen LogP contribution in [-0.4, -0.2) is 34.5 Å². The quantitative estimate of drug-likeness (QED) is 0.853. The second kappa shape index (κ2) is 7.23. The Morgan fingerprint density at radius 1 is 1.52 bits per heavy atom. The molecule has 122 valence electrons. The third-order valence-corrected chi connectivity index (χ3v) is 3.78. The smallest absolute Gasteiger partial charge is 0.358 e. The lowest BCUT2D eigenvalue weighted by Gasteiger charge is -2.22. The summed E-state index contributed by atoms with van der Waals surface area (Å²) in [5, 5.41) is 7.57. The number of pyridine rings is 1. The molecular formula is C16H20N4O3. The predicted molar refractivity (Wildman–Crippen MR) is 84.0 cm³/mol. The number of carbonyl (C=O) groups is 1. The molecule has 0 amide bonds. The second-order valence-electron chi connectivity index (χ2n) is 5.39. The number of methoxy groups -OCH3 is 1. The summed E-state index contributed by atoms with van der Waals surface area (Å²) in [5.74, 6) is -0.459. The molecule has 0 spiro atoms. The third kappa shape index (κ3) is 3.68. The average molecular weight is 316 g/mol. The van der Waals surface area contributed by atoms with Crippen molar-refractivity contribution in [3.63, 3.8) is 0 Å². The van der Waals surface area contributed by atoms with E-state index in [9.17, 15) is 4.79 Å². The Hall–Kier alpha value is -2.41. The van der Waals surface area contributed by atoms with Gasteiger partial charge in [0, 0.05) is 31.1 Å². The standard InChI is InChI=1S/C16H20N4O3/c1-22-16(21)15-13(5-4-7-17-15)18-9-12-10-19-20(11-12)14-6-2-3-8-23-14/h4-5,7,10-11,14,18H,2-3,6,8-9H2,1H3. The van der Waals surface area contributed by atoms with Crippen LogP contribution >= 0.6 is 0 Å². The van der Waals surface area contributed by atoms with Crippen molar-refractivity contribution in [2.75, 3.05) is 19.0 Å². The molecule has 1 fully saturated rings. The van der Waals surface area contributed by atoms with Gasteiger partial charge in [0.05, 0.1) is 19.0 Å². The van der Waals surface area contributed by atoms with Crippen LogP contribution in [0.15, 0.2) is 30.7 Å². The first-order valence-corrected chi connectivity index (χ1v) is 7.70. The lowest BCUT2D eigenvalue weighted by Crippen LogP contribution is -2.18. The zero-order chi connectivity index (χ0) is 16.1. The predicted octanol–water partition coefficient (Wildman–Crippen LogP) is 2.38. The molecule has 1 aliphatic heterocycles. The molecule has 0 saturated carbocycles. The molecule has 7 heteroatoms. The summed E-state index contributed by atoms with van der Waals surface area (Å²) in [5.41, 5.74) is 1.93. The maximum atomic E-state index is 11.7. The van der Waals surface area contributed by atoms with E-state index >= 15 is 0 Å². The maximum Gasteiger partial charge on any atom is 0.358 e. The van der Waals surface area contributed by atoms with E-state index in [1.807, 2.05) is 10.9 Å². The molecule has 1 aliphatic rings. The van der Waals surface area contributed by atoms with E-state index in [-0.39, 0.29) is 11.9 Å². The van der Waals surface area contributed by atoms with Gasteiger partial charge in [-0.2, -0.15) is 5.10 Å². The van der Waals surface area contributed by atoms with Crippen molar-refractivity contribution in [2.24, 2.45) is 0 Å². The first kappa shape index (κ1) is 15.5. The van der Waals surface area contributed by atoms with E-state index in [4.69, 9.17) is 9.47 Å². The Morgan fingerprint density at radius 2 is 2.43 bits per heavy atom. The molecule has 2 aromatic rings. The Kier molecular flexibility index (Phi) is 4.87. The summed E-state index contributed by atoms with van der Waals surface area (Å²) in [6.45, 7) is 1.33. The Bertz CT molecular complexity index is 665. The van der Waals surface area contributed by atoms with Crippen molar-refractivity contribution >= 4 is 11.7 Å². The molecule has 0 bridgehead atoms. The first-order valence-electron chi connectivity index (χ1n) is 7.70. The SMILES string of the molecule is COC(=O)c1ncccc1NCc1cnn(C2CCCCO2)c1. The fourth-order valence-electron chi connectivity index (χ4n) is 2.56. The number of carbonyl (C=O) groups excluding carboxylic acids is 1. The fraction of sp³-hybridized carbons (Fsp3) is 0.438. The topological polar surface area (TPSA) is 78.3 Å². The monoisotopic (exact) mass is 316 g/mol. The van der Waals surface area contributed by atoms with Crippen molar-refractivity contribution in [1.29, 1.82) is 0 Å². The van der Waals surface area contributed by atoms with Crippen molar-refractivity contribution in [3.8, 4) is 0 Å². The van der Waals surface area contributed by atoms with Crippen LogP contribution < -0.4 is 5.32 Å². The minimum Gasteiger partial charge on any atom is -0.464 e. The van der Waals surface area contributed by atoms with E-state index in [1.165, 1.54) is 7.11 Å². The van der Waals surface area contributed by atoms with E-state index in [2.05, 4.69) is 15.4 Å². The van der Waals surface area contributed by atoms with Gasteiger partial charge in [0.1, 0.15) is 6.23 Å². The van der Waals surface area contributed by atoms with E-state index in [0.29, 0.717) is 12.2 Å². The lowest BCUT2D eigenvalue weighted by molar-refractivity contribution is -0.0395. The van der Waals surface area contributed by atoms with Crippen molar-refractivity contribution in [3.05, 3.63) is 42.0 Å². The van der Waals surface area contributed by atoms with Gasteiger partial charge in [-0.15, -0.1) is 0 Å². The average Bonchev–Trinajstić information content (AvgIpc) is 3.09. The summed E-state index contributed by atoms with van der Waals surface area (Å²) in [6.07, 6.45) is 8.64. The third-order valence-electron chi connectivity index (χ3n) is 3.78. The van der Waals surface area contributed by atoms with Crippen LogP contribution in [0.1, 0.15) is 41.5 Å². The molecule has 3 heterocycles. The summed E-state index contributed by atoms with van der Waals surface area (Å²) in [6, 6.07) is 3.57. The van der Waals surface area contributed by atoms with Gasteiger partial charge in [-0.1, -0.05) is 0 Å². The van der Waals surface area contributed by atoms with Crippen LogP contribution in [0.2, 0.25) is 0 Å². The largest absolute Gasteiger partial charge is 0.464 e. The normalized spacial score (nSPS) is 17.7. The highest BCUT2D eigenvalue weighted by atomic mass is 16.5. The Balaban J connectivity index is 1.65. The molecule has 1 atom stereocenters. The molecule has 1 N–H and O–H groups in total. The van der Waals surface area contributed by atoms with Gasteiger partial charge in [0.15, 0.2) is 5.69 Å². The first-order chi connectivity index (χ1) is 11.3. The van der Waals surface area contributed by atoms with Crippen LogP contribution in [0.3, 0.4) is 0 Å². The molecule has 0 radical (unpaired) electrons. The number of esters is 1. The van der Waals surface area contributed by atoms with Crippen molar-refractivity contribution in [2.45, 2.75) is 32.0 Å². The van der Waals surface area contributed by atoms with Gasteiger partial charge in [-0.3, -0.25) is 0 Å². The van der Waals surface area contributed by atoms with E-state index in [0.717, 1.165) is 31.4 Å². The molecule has 2 aromatic heterocycles. The molecule has 1 saturated heterocycles. The summed E-state index contributed by atoms with van der Waals surface area (Å²) in [7, 11) is 1.34. The lowest BCUT2D eigenvalue weighted by atomic mass is 10.2. The minimum atomic E-state index is -0.459. The second-order valence-corrected chi connectivity index (χ2v) is 5.39. The molecule has 7 nitrogen and oxygen atoms in total. The maximum absolute atomic E-state index is 11.7. The number of hydrogen-bond donors (Lipinski definition) is 1. The van der Waals surface area contributed by atoms with Crippen LogP contribution in [-0.2, 0) is 16.0 Å². The van der Waals surface area contributed by atoms with Crippen LogP contribution in [0.4, 0.5) is 5.69 Å². The van der Waals surface area contributed by atoms with Gasteiger partial charge < -0.3 is 14.8 Å². The van der Waals surface area contributed by atoms with E-state index in [1.54, 1.807) is 24.5 Å². The zero-order valence-electron chi connectivity index (χ0n) is 13.1. The highest BCUT2D eigenvalue weighted by Crippen LogP contribution is 2.22. The van der Waals surface area contributed by atoms with Crippen LogP contribution in [0.5, 0.6) is 0 Å². The minimum absolute atomic E-state index is 0.0292. The Morgan fingerprint density at radius 3 is 3.22 bits per heavy atom. The molecule has 23 heavy (non-hydrogen) atoms. The molecular weight excluding hydrogens is 296 g/mol. The number of nitrogens with one attached hydrogen (secondary N) is 1. The summed E-state index contributed by atoms with van der Waals surface area (Å²) >= 11 is 0. The van der Waals surface area contributed by atoms with Gasteiger partial charge in [-0.05, 0) is 31.4 Å². The molecule has 0 aromatic carbocycles. The number of ether oxygens (including phenoxy) is 2. The number of aromatic nitrogens is 3. The number of hydrogen-bond acceptors (Lipinski definition) is 6. The highest BCUT2D eigenvalue weighted by molar-refractivity contribution is 5.93. The molecule has 1 unspecified atom stereocenters.